The molecule has 30 heavy (non-hydrogen) atoms. The molecule has 0 unspecified atom stereocenters. The molecule has 164 valence electrons. The minimum atomic E-state index is -4.14. The summed E-state index contributed by atoms with van der Waals surface area (Å²) in [7, 11) is -4.14. The van der Waals surface area contributed by atoms with Crippen LogP contribution in [0.1, 0.15) is 32.1 Å². The molecule has 1 saturated heterocycles. The molecule has 2 fully saturated rings. The number of sulfonamides is 1. The van der Waals surface area contributed by atoms with Crippen LogP contribution in [-0.4, -0.2) is 48.8 Å². The summed E-state index contributed by atoms with van der Waals surface area (Å²) < 4.78 is 41.8. The van der Waals surface area contributed by atoms with Crippen molar-refractivity contribution >= 4 is 43.8 Å². The molecule has 1 aliphatic heterocycles. The third-order valence-electron chi connectivity index (χ3n) is 5.77. The molecule has 1 aromatic heterocycles. The second kappa shape index (κ2) is 8.96. The van der Waals surface area contributed by atoms with Crippen molar-refractivity contribution in [2.24, 2.45) is 5.92 Å². The van der Waals surface area contributed by atoms with Gasteiger partial charge in [0.2, 0.25) is 0 Å². The van der Waals surface area contributed by atoms with Crippen molar-refractivity contribution in [2.45, 2.75) is 49.1 Å². The molecule has 2 atom stereocenters. The maximum Gasteiger partial charge on any atom is 0.266 e. The molecule has 2 heterocycles. The van der Waals surface area contributed by atoms with E-state index in [0.29, 0.717) is 18.9 Å². The molecule has 1 saturated carbocycles. The number of hydrogen-bond donors (Lipinski definition) is 3. The van der Waals surface area contributed by atoms with Crippen molar-refractivity contribution < 1.29 is 17.9 Å². The van der Waals surface area contributed by atoms with E-state index in [1.807, 2.05) is 0 Å². The number of nitrogens with zero attached hydrogens (tertiary/aromatic N) is 2. The smallest absolute Gasteiger partial charge is 0.266 e. The lowest BCUT2D eigenvalue weighted by atomic mass is 9.80. The van der Waals surface area contributed by atoms with E-state index in [4.69, 9.17) is 11.6 Å². The van der Waals surface area contributed by atoms with Crippen LogP contribution in [0, 0.1) is 11.7 Å². The number of anilines is 2. The highest BCUT2D eigenvalue weighted by Crippen LogP contribution is 2.35. The molecule has 2 aromatic rings. The third kappa shape index (κ3) is 4.88. The molecule has 0 bridgehead atoms. The second-order valence-electron chi connectivity index (χ2n) is 7.89. The summed E-state index contributed by atoms with van der Waals surface area (Å²) in [6.45, 7) is 0.950. The Kier molecular flexibility index (Phi) is 6.50. The highest BCUT2D eigenvalue weighted by molar-refractivity contribution is 7.93. The molecule has 0 spiro atoms. The van der Waals surface area contributed by atoms with Gasteiger partial charge >= 0.3 is 0 Å². The number of aromatic nitrogens is 1. The van der Waals surface area contributed by atoms with Gasteiger partial charge in [0, 0.05) is 24.2 Å². The zero-order valence-corrected chi connectivity index (χ0v) is 18.6. The Morgan fingerprint density at radius 1 is 1.37 bits per heavy atom. The average Bonchev–Trinajstić information content (AvgIpc) is 3.27. The maximum absolute atomic E-state index is 14.6. The van der Waals surface area contributed by atoms with Gasteiger partial charge in [0.1, 0.15) is 10.7 Å². The van der Waals surface area contributed by atoms with Crippen LogP contribution >= 0.6 is 22.9 Å². The minimum absolute atomic E-state index is 0.103. The quantitative estimate of drug-likeness (QED) is 0.539. The topological polar surface area (TPSA) is 94.6 Å². The van der Waals surface area contributed by atoms with Crippen LogP contribution in [0.15, 0.2) is 28.6 Å². The lowest BCUT2D eigenvalue weighted by molar-refractivity contribution is 0.174. The van der Waals surface area contributed by atoms with Gasteiger partial charge in [-0.3, -0.25) is 9.62 Å². The van der Waals surface area contributed by atoms with Crippen LogP contribution in [0.2, 0.25) is 5.02 Å². The van der Waals surface area contributed by atoms with Crippen molar-refractivity contribution in [1.82, 2.24) is 9.88 Å². The van der Waals surface area contributed by atoms with Crippen molar-refractivity contribution in [3.05, 3.63) is 34.5 Å². The maximum atomic E-state index is 14.6. The first-order valence-corrected chi connectivity index (χ1v) is 12.6. The largest absolute Gasteiger partial charge is 0.392 e. The van der Waals surface area contributed by atoms with E-state index < -0.39 is 20.7 Å². The molecule has 1 aliphatic carbocycles. The highest BCUT2D eigenvalue weighted by Gasteiger charge is 2.34. The normalized spacial score (nSPS) is 22.8. The van der Waals surface area contributed by atoms with Crippen molar-refractivity contribution in [1.29, 1.82) is 0 Å². The minimum Gasteiger partial charge on any atom is -0.392 e. The number of benzene rings is 1. The predicted molar refractivity (Wildman–Crippen MR) is 116 cm³/mol. The monoisotopic (exact) mass is 474 g/mol. The summed E-state index contributed by atoms with van der Waals surface area (Å²) in [6.07, 6.45) is 6.64. The standard InChI is InChI=1S/C19H24ClFN4O3S2/c20-15-8-18(30(27,28)24-19-22-4-5-29-19)16(21)9-17(15)23-11-25-10-14(26)7-13(25)6-12-2-1-3-12/h4-5,8-9,12-14,23,26H,1-3,6-7,10-11H2,(H,22,24)/t13-,14-/m0/s1. The summed E-state index contributed by atoms with van der Waals surface area (Å²) in [5.74, 6) is -0.183. The fourth-order valence-electron chi connectivity index (χ4n) is 4.01. The Bertz CT molecular complexity index is 986. The molecule has 1 aromatic carbocycles. The Labute approximate surface area is 184 Å². The van der Waals surface area contributed by atoms with E-state index in [9.17, 15) is 17.9 Å². The fourth-order valence-corrected chi connectivity index (χ4v) is 6.18. The van der Waals surface area contributed by atoms with E-state index >= 15 is 0 Å². The SMILES string of the molecule is O=S(=O)(Nc1nccs1)c1cc(Cl)c(NCN2C[C@@H](O)C[C@@H]2CC2CCC2)cc1F. The predicted octanol–water partition coefficient (Wildman–Crippen LogP) is 3.73. The second-order valence-corrected chi connectivity index (χ2v) is 10.8. The van der Waals surface area contributed by atoms with E-state index in [0.717, 1.165) is 42.2 Å². The van der Waals surface area contributed by atoms with Gasteiger partial charge in [-0.15, -0.1) is 11.3 Å². The van der Waals surface area contributed by atoms with E-state index in [1.54, 1.807) is 5.38 Å². The Hall–Kier alpha value is -1.46. The average molecular weight is 475 g/mol. The summed E-state index contributed by atoms with van der Waals surface area (Å²) in [4.78, 5) is 5.46. The third-order valence-corrected chi connectivity index (χ3v) is 8.26. The number of likely N-dealkylation sites (tertiary alicyclic amines) is 1. The van der Waals surface area contributed by atoms with Gasteiger partial charge in [0.05, 0.1) is 23.5 Å². The van der Waals surface area contributed by atoms with E-state index in [-0.39, 0.29) is 22.3 Å². The lowest BCUT2D eigenvalue weighted by Gasteiger charge is -2.32. The molecule has 4 rings (SSSR count). The molecule has 0 amide bonds. The first kappa shape index (κ1) is 21.8. The number of aliphatic hydroxyl groups is 1. The van der Waals surface area contributed by atoms with E-state index in [1.165, 1.54) is 25.5 Å². The first-order valence-electron chi connectivity index (χ1n) is 9.89. The molecule has 7 nitrogen and oxygen atoms in total. The van der Waals surface area contributed by atoms with Crippen LogP contribution in [0.3, 0.4) is 0 Å². The van der Waals surface area contributed by atoms with E-state index in [2.05, 4.69) is 19.9 Å². The van der Waals surface area contributed by atoms with Gasteiger partial charge in [-0.25, -0.2) is 17.8 Å². The zero-order valence-electron chi connectivity index (χ0n) is 16.2. The van der Waals surface area contributed by atoms with Crippen LogP contribution in [-0.2, 0) is 10.0 Å². The van der Waals surface area contributed by atoms with Crippen LogP contribution in [0.4, 0.5) is 15.2 Å². The summed E-state index contributed by atoms with van der Waals surface area (Å²) >= 11 is 7.35. The first-order chi connectivity index (χ1) is 14.3. The molecule has 2 aliphatic rings. The van der Waals surface area contributed by atoms with Gasteiger partial charge < -0.3 is 10.4 Å². The van der Waals surface area contributed by atoms with Gasteiger partial charge in [-0.2, -0.15) is 0 Å². The fraction of sp³-hybridized carbons (Fsp3) is 0.526. The number of hydrogen-bond acceptors (Lipinski definition) is 7. The molecule has 11 heteroatoms. The van der Waals surface area contributed by atoms with Gasteiger partial charge in [0.15, 0.2) is 5.13 Å². The van der Waals surface area contributed by atoms with Crippen molar-refractivity contribution in [3.8, 4) is 0 Å². The van der Waals surface area contributed by atoms with Crippen LogP contribution in [0.25, 0.3) is 0 Å². The Morgan fingerprint density at radius 2 is 2.17 bits per heavy atom. The number of aliphatic hydroxyl groups excluding tert-OH is 1. The van der Waals surface area contributed by atoms with Crippen LogP contribution in [0.5, 0.6) is 0 Å². The number of β-amino-alcohol motifs (C(OH)–C–C–N with tert-alkyl or cyclic N) is 1. The molecular weight excluding hydrogens is 451 g/mol. The zero-order chi connectivity index (χ0) is 21.3. The summed E-state index contributed by atoms with van der Waals surface area (Å²) in [6, 6.07) is 2.47. The van der Waals surface area contributed by atoms with Crippen molar-refractivity contribution in [2.75, 3.05) is 23.3 Å². The molecule has 0 radical (unpaired) electrons. The highest BCUT2D eigenvalue weighted by atomic mass is 35.5. The number of nitrogens with one attached hydrogen (secondary N) is 2. The molecular formula is C19H24ClFN4O3S2. The molecule has 3 N–H and O–H groups in total. The number of rotatable bonds is 8. The van der Waals surface area contributed by atoms with Crippen LogP contribution < -0.4 is 10.0 Å². The van der Waals surface area contributed by atoms with Gasteiger partial charge in [-0.05, 0) is 30.9 Å². The van der Waals surface area contributed by atoms with Gasteiger partial charge in [0.25, 0.3) is 10.0 Å². The Balaban J connectivity index is 1.44. The number of thiazole rings is 1. The summed E-state index contributed by atoms with van der Waals surface area (Å²) in [5, 5.41) is 15.0. The lowest BCUT2D eigenvalue weighted by Crippen LogP contribution is -2.36. The number of halogens is 2. The Morgan fingerprint density at radius 3 is 2.83 bits per heavy atom. The van der Waals surface area contributed by atoms with Gasteiger partial charge in [-0.1, -0.05) is 30.9 Å². The summed E-state index contributed by atoms with van der Waals surface area (Å²) in [5.41, 5.74) is 0.311. The van der Waals surface area contributed by atoms with Crippen molar-refractivity contribution in [3.63, 3.8) is 0 Å².